The molecule has 2 aromatic rings. The van der Waals surface area contributed by atoms with Gasteiger partial charge in [-0.2, -0.15) is 5.26 Å². The van der Waals surface area contributed by atoms with Gasteiger partial charge in [0.25, 0.3) is 0 Å². The number of aldehydes is 1. The molecule has 0 aromatic heterocycles. The van der Waals surface area contributed by atoms with Crippen LogP contribution in [0.3, 0.4) is 0 Å². The average molecular weight is 438 g/mol. The Morgan fingerprint density at radius 2 is 1.22 bits per heavy atom. The second-order valence-electron chi connectivity index (χ2n) is 8.77. The quantitative estimate of drug-likeness (QED) is 0.338. The molecule has 2 aromatic carbocycles. The van der Waals surface area contributed by atoms with Crippen molar-refractivity contribution in [3.63, 3.8) is 0 Å². The Morgan fingerprint density at radius 3 is 1.59 bits per heavy atom. The van der Waals surface area contributed by atoms with Crippen molar-refractivity contribution in [1.82, 2.24) is 0 Å². The molecular weight excluding hydrogens is 398 g/mol. The fourth-order valence-corrected chi connectivity index (χ4v) is 3.07. The van der Waals surface area contributed by atoms with Crippen molar-refractivity contribution in [2.45, 2.75) is 53.8 Å². The van der Waals surface area contributed by atoms with Crippen molar-refractivity contribution in [2.75, 3.05) is 13.2 Å². The highest BCUT2D eigenvalue weighted by atomic mass is 16.5. The number of carbonyl (C=O) groups is 1. The first-order valence-electron chi connectivity index (χ1n) is 11.5. The van der Waals surface area contributed by atoms with Gasteiger partial charge in [-0.3, -0.25) is 0 Å². The van der Waals surface area contributed by atoms with E-state index in [1.165, 1.54) is 11.1 Å². The molecule has 4 heteroatoms. The number of rotatable bonds is 13. The van der Waals surface area contributed by atoms with Crippen LogP contribution in [0.5, 0.6) is 0 Å². The lowest BCUT2D eigenvalue weighted by molar-refractivity contribution is -0.109. The lowest BCUT2D eigenvalue weighted by Gasteiger charge is -2.18. The Balaban J connectivity index is 0.000000320. The number of hydrogen-bond acceptors (Lipinski definition) is 4. The molecule has 0 amide bonds. The minimum absolute atomic E-state index is 0.334. The van der Waals surface area contributed by atoms with Crippen LogP contribution < -0.4 is 0 Å². The number of nitrogens with zero attached hydrogens (tertiary/aromatic N) is 1. The smallest absolute Gasteiger partial charge is 0.120 e. The molecule has 0 aliphatic rings. The maximum absolute atomic E-state index is 10.5. The number of carbonyl (C=O) groups excluding carboxylic acids is 1. The van der Waals surface area contributed by atoms with E-state index < -0.39 is 0 Å². The van der Waals surface area contributed by atoms with E-state index in [4.69, 9.17) is 14.7 Å². The topological polar surface area (TPSA) is 59.3 Å². The molecule has 0 aliphatic carbocycles. The van der Waals surface area contributed by atoms with E-state index >= 15 is 0 Å². The third kappa shape index (κ3) is 12.4. The van der Waals surface area contributed by atoms with E-state index in [0.717, 1.165) is 6.29 Å². The number of ether oxygens (including phenoxy) is 2. The van der Waals surface area contributed by atoms with Gasteiger partial charge in [-0.25, -0.2) is 0 Å². The first-order chi connectivity index (χ1) is 15.5. The summed E-state index contributed by atoms with van der Waals surface area (Å²) in [6.07, 6.45) is 2.15. The van der Waals surface area contributed by atoms with Crippen LogP contribution in [0.25, 0.3) is 0 Å². The van der Waals surface area contributed by atoms with Gasteiger partial charge in [-0.05, 0) is 34.8 Å². The van der Waals surface area contributed by atoms with Crippen LogP contribution in [-0.2, 0) is 27.5 Å². The molecule has 0 unspecified atom stereocenters. The Labute approximate surface area is 194 Å². The maximum Gasteiger partial charge on any atom is 0.120 e. The van der Waals surface area contributed by atoms with Crippen LogP contribution in [0.15, 0.2) is 60.7 Å². The maximum atomic E-state index is 10.5. The molecule has 4 nitrogen and oxygen atoms in total. The van der Waals surface area contributed by atoms with Gasteiger partial charge < -0.3 is 14.3 Å². The van der Waals surface area contributed by atoms with Crippen LogP contribution in [0.2, 0.25) is 0 Å². The molecule has 0 spiro atoms. The lowest BCUT2D eigenvalue weighted by atomic mass is 9.94. The van der Waals surface area contributed by atoms with Crippen molar-refractivity contribution in [1.29, 1.82) is 5.26 Å². The standard InChI is InChI=1S/C14H19NO.C14H20O2/c2*1-12(2)14(8-9-15)11-16-10-13-6-4-3-5-7-13/h3-7,12,14H,8,10-11H2,1-2H3;3-7,9,12,14H,8,10-11H2,1-2H3/t2*14-/m11/s1. The van der Waals surface area contributed by atoms with Crippen LogP contribution in [-0.4, -0.2) is 19.5 Å². The van der Waals surface area contributed by atoms with Crippen molar-refractivity contribution < 1.29 is 14.3 Å². The molecule has 0 aliphatic heterocycles. The summed E-state index contributed by atoms with van der Waals surface area (Å²) >= 11 is 0. The van der Waals surface area contributed by atoms with Gasteiger partial charge in [-0.15, -0.1) is 0 Å². The molecule has 2 rings (SSSR count). The monoisotopic (exact) mass is 437 g/mol. The van der Waals surface area contributed by atoms with Crippen molar-refractivity contribution in [2.24, 2.45) is 23.7 Å². The zero-order chi connectivity index (χ0) is 23.6. The molecule has 0 N–H and O–H groups in total. The average Bonchev–Trinajstić information content (AvgIpc) is 2.79. The summed E-state index contributed by atoms with van der Waals surface area (Å²) in [6.45, 7) is 11.1. The van der Waals surface area contributed by atoms with Crippen molar-refractivity contribution in [3.05, 3.63) is 71.8 Å². The Hall–Kier alpha value is -2.48. The Kier molecular flexibility index (Phi) is 14.7. The van der Waals surface area contributed by atoms with Gasteiger partial charge in [0.1, 0.15) is 6.29 Å². The van der Waals surface area contributed by atoms with Gasteiger partial charge in [0.15, 0.2) is 0 Å². The van der Waals surface area contributed by atoms with E-state index in [2.05, 4.69) is 45.9 Å². The molecule has 0 fully saturated rings. The number of hydrogen-bond donors (Lipinski definition) is 0. The molecule has 2 atom stereocenters. The molecule has 0 saturated carbocycles. The highest BCUT2D eigenvalue weighted by molar-refractivity contribution is 5.49. The summed E-state index contributed by atoms with van der Waals surface area (Å²) in [5.41, 5.74) is 2.36. The first kappa shape index (κ1) is 27.6. The van der Waals surface area contributed by atoms with Gasteiger partial charge in [0.2, 0.25) is 0 Å². The first-order valence-corrected chi connectivity index (χ1v) is 11.5. The normalized spacial score (nSPS) is 12.5. The molecule has 0 radical (unpaired) electrons. The largest absolute Gasteiger partial charge is 0.376 e. The summed E-state index contributed by atoms with van der Waals surface area (Å²) in [4.78, 5) is 10.5. The van der Waals surface area contributed by atoms with Crippen LogP contribution >= 0.6 is 0 Å². The minimum Gasteiger partial charge on any atom is -0.376 e. The summed E-state index contributed by atoms with van der Waals surface area (Å²) < 4.78 is 11.3. The molecule has 32 heavy (non-hydrogen) atoms. The highest BCUT2D eigenvalue weighted by Gasteiger charge is 2.13. The second kappa shape index (κ2) is 17.1. The third-order valence-corrected chi connectivity index (χ3v) is 5.53. The van der Waals surface area contributed by atoms with E-state index in [0.29, 0.717) is 62.9 Å². The molecule has 0 bridgehead atoms. The van der Waals surface area contributed by atoms with E-state index in [-0.39, 0.29) is 0 Å². The van der Waals surface area contributed by atoms with Crippen LogP contribution in [0.4, 0.5) is 0 Å². The van der Waals surface area contributed by atoms with Crippen LogP contribution in [0.1, 0.15) is 51.7 Å². The lowest BCUT2D eigenvalue weighted by Crippen LogP contribution is -2.16. The Morgan fingerprint density at radius 1 is 0.781 bits per heavy atom. The zero-order valence-corrected chi connectivity index (χ0v) is 20.1. The van der Waals surface area contributed by atoms with Gasteiger partial charge in [-0.1, -0.05) is 88.4 Å². The van der Waals surface area contributed by atoms with Crippen molar-refractivity contribution in [3.8, 4) is 6.07 Å². The van der Waals surface area contributed by atoms with Crippen LogP contribution in [0, 0.1) is 35.0 Å². The minimum atomic E-state index is 0.334. The zero-order valence-electron chi connectivity index (χ0n) is 20.1. The van der Waals surface area contributed by atoms with E-state index in [1.807, 2.05) is 48.5 Å². The fraction of sp³-hybridized carbons (Fsp3) is 0.500. The molecule has 0 heterocycles. The molecule has 0 saturated heterocycles. The van der Waals surface area contributed by atoms with E-state index in [1.54, 1.807) is 0 Å². The predicted octanol–water partition coefficient (Wildman–Crippen LogP) is 6.45. The summed E-state index contributed by atoms with van der Waals surface area (Å²) in [6, 6.07) is 22.4. The van der Waals surface area contributed by atoms with E-state index in [9.17, 15) is 4.79 Å². The number of nitriles is 1. The highest BCUT2D eigenvalue weighted by Crippen LogP contribution is 2.16. The second-order valence-corrected chi connectivity index (χ2v) is 8.77. The fourth-order valence-electron chi connectivity index (χ4n) is 3.07. The van der Waals surface area contributed by atoms with Gasteiger partial charge >= 0.3 is 0 Å². The number of benzene rings is 2. The third-order valence-electron chi connectivity index (χ3n) is 5.53. The summed E-state index contributed by atoms with van der Waals surface area (Å²) in [5, 5.41) is 8.70. The predicted molar refractivity (Wildman–Crippen MR) is 130 cm³/mol. The Bertz CT molecular complexity index is 753. The molecular formula is C28H39NO3. The SMILES string of the molecule is CC(C)[C@H](CC#N)COCc1ccccc1.CC(C)[C@H](CC=O)COCc1ccccc1. The van der Waals surface area contributed by atoms with Crippen molar-refractivity contribution >= 4 is 6.29 Å². The van der Waals surface area contributed by atoms with Gasteiger partial charge in [0, 0.05) is 12.8 Å². The summed E-state index contributed by atoms with van der Waals surface area (Å²) in [7, 11) is 0. The molecule has 174 valence electrons. The summed E-state index contributed by atoms with van der Waals surface area (Å²) in [5.74, 6) is 1.66. The van der Waals surface area contributed by atoms with Gasteiger partial charge in [0.05, 0.1) is 32.5 Å².